The molecule has 2 aromatic rings. The second-order valence-electron chi connectivity index (χ2n) is 5.93. The molecule has 0 bridgehead atoms. The van der Waals surface area contributed by atoms with Crippen molar-refractivity contribution >= 4 is 28.5 Å². The summed E-state index contributed by atoms with van der Waals surface area (Å²) in [5.74, 6) is 0.873. The van der Waals surface area contributed by atoms with Crippen LogP contribution < -0.4 is 0 Å². The van der Waals surface area contributed by atoms with Crippen molar-refractivity contribution < 1.29 is 4.79 Å². The summed E-state index contributed by atoms with van der Waals surface area (Å²) < 4.78 is 1.16. The van der Waals surface area contributed by atoms with Crippen molar-refractivity contribution in [2.75, 3.05) is 13.1 Å². The van der Waals surface area contributed by atoms with Gasteiger partial charge in [0, 0.05) is 22.2 Å². The first-order chi connectivity index (χ1) is 10.7. The fourth-order valence-corrected chi connectivity index (χ4v) is 3.42. The molecule has 1 aliphatic heterocycles. The lowest BCUT2D eigenvalue weighted by Gasteiger charge is -2.32. The quantitative estimate of drug-likeness (QED) is 0.694. The molecule has 1 heterocycles. The molecule has 22 heavy (non-hydrogen) atoms. The van der Waals surface area contributed by atoms with Gasteiger partial charge in [-0.1, -0.05) is 30.3 Å². The number of benzene rings is 2. The van der Waals surface area contributed by atoms with Crippen molar-refractivity contribution in [3.63, 3.8) is 0 Å². The Hall–Kier alpha value is -1.36. The Morgan fingerprint density at radius 2 is 1.64 bits per heavy atom. The SMILES string of the molecule is O=C(c1ccc(I)cc1)N1CCC(Cc2ccccc2)CC1. The third-order valence-corrected chi connectivity index (χ3v) is 5.08. The Morgan fingerprint density at radius 1 is 1.00 bits per heavy atom. The maximum absolute atomic E-state index is 12.5. The number of hydrogen-bond donors (Lipinski definition) is 0. The maximum Gasteiger partial charge on any atom is 0.253 e. The zero-order valence-corrected chi connectivity index (χ0v) is 14.7. The Bertz CT molecular complexity index is 616. The lowest BCUT2D eigenvalue weighted by Crippen LogP contribution is -2.38. The van der Waals surface area contributed by atoms with Gasteiger partial charge in [0.15, 0.2) is 0 Å². The molecule has 3 rings (SSSR count). The number of carbonyl (C=O) groups is 1. The Labute approximate surface area is 145 Å². The van der Waals surface area contributed by atoms with Crippen molar-refractivity contribution in [2.45, 2.75) is 19.3 Å². The summed E-state index contributed by atoms with van der Waals surface area (Å²) in [5, 5.41) is 0. The summed E-state index contributed by atoms with van der Waals surface area (Å²) in [6.07, 6.45) is 3.34. The summed E-state index contributed by atoms with van der Waals surface area (Å²) in [4.78, 5) is 14.5. The largest absolute Gasteiger partial charge is 0.339 e. The predicted octanol–water partition coefficient (Wildman–Crippen LogP) is 4.39. The summed E-state index contributed by atoms with van der Waals surface area (Å²) >= 11 is 2.26. The number of halogens is 1. The second-order valence-corrected chi connectivity index (χ2v) is 7.18. The van der Waals surface area contributed by atoms with Crippen molar-refractivity contribution in [1.82, 2.24) is 4.90 Å². The van der Waals surface area contributed by atoms with Gasteiger partial charge in [-0.15, -0.1) is 0 Å². The summed E-state index contributed by atoms with van der Waals surface area (Å²) in [6.45, 7) is 1.75. The molecule has 0 atom stereocenters. The molecule has 0 aliphatic carbocycles. The van der Waals surface area contributed by atoms with E-state index in [0.29, 0.717) is 5.92 Å². The molecule has 1 fully saturated rings. The highest BCUT2D eigenvalue weighted by Crippen LogP contribution is 2.23. The van der Waals surface area contributed by atoms with Gasteiger partial charge < -0.3 is 4.90 Å². The van der Waals surface area contributed by atoms with Crippen LogP contribution in [0.1, 0.15) is 28.8 Å². The molecule has 0 N–H and O–H groups in total. The monoisotopic (exact) mass is 405 g/mol. The van der Waals surface area contributed by atoms with Crippen LogP contribution in [0.3, 0.4) is 0 Å². The van der Waals surface area contributed by atoms with Gasteiger partial charge in [0.05, 0.1) is 0 Å². The van der Waals surface area contributed by atoms with Gasteiger partial charge in [-0.3, -0.25) is 4.79 Å². The lowest BCUT2D eigenvalue weighted by atomic mass is 9.90. The van der Waals surface area contributed by atoms with E-state index < -0.39 is 0 Å². The standard InChI is InChI=1S/C19H20INO/c20-18-8-6-17(7-9-18)19(22)21-12-10-16(11-13-21)14-15-4-2-1-3-5-15/h1-9,16H,10-14H2. The maximum atomic E-state index is 12.5. The van der Waals surface area contributed by atoms with Gasteiger partial charge in [-0.25, -0.2) is 0 Å². The Balaban J connectivity index is 1.55. The van der Waals surface area contributed by atoms with Crippen molar-refractivity contribution in [3.05, 3.63) is 69.3 Å². The molecule has 0 unspecified atom stereocenters. The number of likely N-dealkylation sites (tertiary alicyclic amines) is 1. The van der Waals surface area contributed by atoms with E-state index in [1.807, 2.05) is 29.2 Å². The number of nitrogens with zero attached hydrogens (tertiary/aromatic N) is 1. The first-order valence-electron chi connectivity index (χ1n) is 7.81. The van der Waals surface area contributed by atoms with Gasteiger partial charge >= 0.3 is 0 Å². The summed E-state index contributed by atoms with van der Waals surface area (Å²) in [6, 6.07) is 18.5. The van der Waals surface area contributed by atoms with Gasteiger partial charge in [-0.05, 0) is 77.6 Å². The van der Waals surface area contributed by atoms with Crippen LogP contribution in [0.5, 0.6) is 0 Å². The van der Waals surface area contributed by atoms with E-state index in [9.17, 15) is 4.79 Å². The van der Waals surface area contributed by atoms with Crippen molar-refractivity contribution in [2.24, 2.45) is 5.92 Å². The van der Waals surface area contributed by atoms with E-state index in [1.165, 1.54) is 5.56 Å². The van der Waals surface area contributed by atoms with Gasteiger partial charge in [0.2, 0.25) is 0 Å². The molecular formula is C19H20INO. The summed E-state index contributed by atoms with van der Waals surface area (Å²) in [7, 11) is 0. The van der Waals surface area contributed by atoms with Crippen LogP contribution in [0.2, 0.25) is 0 Å². The minimum Gasteiger partial charge on any atom is -0.339 e. The number of piperidine rings is 1. The molecular weight excluding hydrogens is 385 g/mol. The molecule has 0 saturated carbocycles. The minimum absolute atomic E-state index is 0.176. The smallest absolute Gasteiger partial charge is 0.253 e. The lowest BCUT2D eigenvalue weighted by molar-refractivity contribution is 0.0690. The minimum atomic E-state index is 0.176. The van der Waals surface area contributed by atoms with Crippen molar-refractivity contribution in [1.29, 1.82) is 0 Å². The molecule has 3 heteroatoms. The van der Waals surface area contributed by atoms with Crippen LogP contribution in [0.15, 0.2) is 54.6 Å². The van der Waals surface area contributed by atoms with Crippen molar-refractivity contribution in [3.8, 4) is 0 Å². The second kappa shape index (κ2) is 7.27. The average molecular weight is 405 g/mol. The molecule has 2 aromatic carbocycles. The van der Waals surface area contributed by atoms with Crippen LogP contribution in [-0.4, -0.2) is 23.9 Å². The Kier molecular flexibility index (Phi) is 5.13. The molecule has 2 nitrogen and oxygen atoms in total. The first-order valence-corrected chi connectivity index (χ1v) is 8.89. The normalized spacial score (nSPS) is 15.8. The van der Waals surface area contributed by atoms with E-state index in [4.69, 9.17) is 0 Å². The van der Waals surface area contributed by atoms with E-state index in [-0.39, 0.29) is 5.91 Å². The molecule has 114 valence electrons. The molecule has 0 radical (unpaired) electrons. The molecule has 0 aromatic heterocycles. The van der Waals surface area contributed by atoms with Crippen LogP contribution >= 0.6 is 22.6 Å². The number of hydrogen-bond acceptors (Lipinski definition) is 1. The number of amides is 1. The van der Waals surface area contributed by atoms with Crippen LogP contribution in [-0.2, 0) is 6.42 Å². The fraction of sp³-hybridized carbons (Fsp3) is 0.316. The first kappa shape index (κ1) is 15.5. The van der Waals surface area contributed by atoms with Crippen LogP contribution in [0.25, 0.3) is 0 Å². The molecule has 1 saturated heterocycles. The molecule has 0 spiro atoms. The average Bonchev–Trinajstić information content (AvgIpc) is 2.57. The molecule has 1 aliphatic rings. The summed E-state index contributed by atoms with van der Waals surface area (Å²) in [5.41, 5.74) is 2.21. The number of rotatable bonds is 3. The Morgan fingerprint density at radius 3 is 2.27 bits per heavy atom. The molecule has 1 amide bonds. The van der Waals surface area contributed by atoms with Crippen LogP contribution in [0, 0.1) is 9.49 Å². The number of carbonyl (C=O) groups excluding carboxylic acids is 1. The topological polar surface area (TPSA) is 20.3 Å². The fourth-order valence-electron chi connectivity index (χ4n) is 3.06. The highest BCUT2D eigenvalue weighted by atomic mass is 127. The van der Waals surface area contributed by atoms with Gasteiger partial charge in [-0.2, -0.15) is 0 Å². The van der Waals surface area contributed by atoms with Crippen LogP contribution in [0.4, 0.5) is 0 Å². The van der Waals surface area contributed by atoms with Gasteiger partial charge in [0.25, 0.3) is 5.91 Å². The highest BCUT2D eigenvalue weighted by molar-refractivity contribution is 14.1. The zero-order chi connectivity index (χ0) is 15.4. The van der Waals surface area contributed by atoms with E-state index in [1.54, 1.807) is 0 Å². The third kappa shape index (κ3) is 3.88. The zero-order valence-electron chi connectivity index (χ0n) is 12.5. The van der Waals surface area contributed by atoms with E-state index >= 15 is 0 Å². The predicted molar refractivity (Wildman–Crippen MR) is 97.9 cm³/mol. The third-order valence-electron chi connectivity index (χ3n) is 4.36. The highest BCUT2D eigenvalue weighted by Gasteiger charge is 2.23. The van der Waals surface area contributed by atoms with E-state index in [2.05, 4.69) is 52.9 Å². The van der Waals surface area contributed by atoms with E-state index in [0.717, 1.165) is 41.5 Å². The van der Waals surface area contributed by atoms with Gasteiger partial charge in [0.1, 0.15) is 0 Å².